The number of nitrogen functional groups attached to an aromatic ring is 1. The highest BCUT2D eigenvalue weighted by atomic mass is 32.2. The lowest BCUT2D eigenvalue weighted by Crippen LogP contribution is -2.25. The molecule has 0 aliphatic heterocycles. The number of hydrogen-bond donors (Lipinski definition) is 3. The maximum atomic E-state index is 12.0. The van der Waals surface area contributed by atoms with Gasteiger partial charge in [0.05, 0.1) is 18.5 Å². The first-order chi connectivity index (χ1) is 8.63. The van der Waals surface area contributed by atoms with Crippen molar-refractivity contribution in [2.45, 2.75) is 11.4 Å². The number of nitrogens with two attached hydrogens (primary N) is 1. The van der Waals surface area contributed by atoms with Crippen LogP contribution in [0.25, 0.3) is 0 Å². The molecule has 0 radical (unpaired) electrons. The smallest absolute Gasteiger partial charge is 0.244 e. The van der Waals surface area contributed by atoms with Crippen molar-refractivity contribution in [3.05, 3.63) is 42.6 Å². The van der Waals surface area contributed by atoms with Gasteiger partial charge in [0.15, 0.2) is 0 Å². The first-order valence-corrected chi connectivity index (χ1v) is 6.54. The predicted molar refractivity (Wildman–Crippen MR) is 64.8 cm³/mol. The molecule has 4 N–H and O–H groups in total. The van der Waals surface area contributed by atoms with Crippen LogP contribution in [0.4, 0.5) is 5.69 Å². The molecule has 8 heteroatoms. The number of hydrazine groups is 1. The van der Waals surface area contributed by atoms with E-state index in [1.807, 2.05) is 0 Å². The number of pyridine rings is 1. The van der Waals surface area contributed by atoms with Gasteiger partial charge in [0.1, 0.15) is 10.7 Å². The third kappa shape index (κ3) is 2.67. The molecule has 96 valence electrons. The number of nitrogens with one attached hydrogen (secondary N) is 2. The highest BCUT2D eigenvalue weighted by Gasteiger charge is 2.18. The van der Waals surface area contributed by atoms with Crippen LogP contribution in [0, 0.1) is 0 Å². The fraction of sp³-hybridized carbons (Fsp3) is 0.100. The lowest BCUT2D eigenvalue weighted by atomic mass is 10.4. The summed E-state index contributed by atoms with van der Waals surface area (Å²) in [5, 5.41) is 0. The molecule has 7 nitrogen and oxygen atoms in total. The van der Waals surface area contributed by atoms with E-state index in [0.29, 0.717) is 5.76 Å². The molecule has 0 spiro atoms. The number of rotatable bonds is 5. The third-order valence-corrected chi connectivity index (χ3v) is 3.67. The van der Waals surface area contributed by atoms with E-state index < -0.39 is 10.0 Å². The van der Waals surface area contributed by atoms with Crippen molar-refractivity contribution in [2.24, 2.45) is 5.84 Å². The summed E-state index contributed by atoms with van der Waals surface area (Å²) in [7, 11) is -3.69. The van der Waals surface area contributed by atoms with E-state index in [2.05, 4.69) is 15.1 Å². The van der Waals surface area contributed by atoms with Crippen LogP contribution in [-0.4, -0.2) is 13.4 Å². The third-order valence-electron chi connectivity index (χ3n) is 2.25. The maximum Gasteiger partial charge on any atom is 0.244 e. The van der Waals surface area contributed by atoms with Gasteiger partial charge in [-0.15, -0.1) is 0 Å². The molecule has 2 rings (SSSR count). The minimum atomic E-state index is -3.69. The quantitative estimate of drug-likeness (QED) is 0.536. The monoisotopic (exact) mass is 268 g/mol. The van der Waals surface area contributed by atoms with Gasteiger partial charge in [-0.2, -0.15) is 0 Å². The van der Waals surface area contributed by atoms with Crippen molar-refractivity contribution < 1.29 is 12.8 Å². The van der Waals surface area contributed by atoms with E-state index in [9.17, 15) is 8.42 Å². The van der Waals surface area contributed by atoms with Crippen molar-refractivity contribution in [1.82, 2.24) is 9.71 Å². The fourth-order valence-corrected chi connectivity index (χ4v) is 2.47. The Morgan fingerprint density at radius 2 is 2.22 bits per heavy atom. The summed E-state index contributed by atoms with van der Waals surface area (Å²) in [4.78, 5) is 3.75. The molecule has 0 unspecified atom stereocenters. The molecule has 0 aromatic carbocycles. The second kappa shape index (κ2) is 5.17. The summed E-state index contributed by atoms with van der Waals surface area (Å²) in [5.41, 5.74) is 2.59. The average Bonchev–Trinajstić information content (AvgIpc) is 2.89. The molecule has 0 amide bonds. The van der Waals surface area contributed by atoms with Gasteiger partial charge < -0.3 is 9.84 Å². The van der Waals surface area contributed by atoms with E-state index in [1.54, 1.807) is 12.1 Å². The highest BCUT2D eigenvalue weighted by molar-refractivity contribution is 7.89. The molecule has 0 fully saturated rings. The highest BCUT2D eigenvalue weighted by Crippen LogP contribution is 2.18. The number of sulfonamides is 1. The van der Waals surface area contributed by atoms with Gasteiger partial charge in [0.25, 0.3) is 0 Å². The summed E-state index contributed by atoms with van der Waals surface area (Å²) < 4.78 is 31.5. The summed E-state index contributed by atoms with van der Waals surface area (Å²) in [6.45, 7) is 0.0637. The van der Waals surface area contributed by atoms with Crippen LogP contribution in [-0.2, 0) is 16.6 Å². The van der Waals surface area contributed by atoms with E-state index in [1.165, 1.54) is 24.7 Å². The molecular formula is C10H12N4O3S. The van der Waals surface area contributed by atoms with E-state index in [-0.39, 0.29) is 17.1 Å². The van der Waals surface area contributed by atoms with Crippen LogP contribution in [0.15, 0.2) is 46.2 Å². The number of nitrogens with zero attached hydrogens (tertiary/aromatic N) is 1. The molecule has 0 atom stereocenters. The Morgan fingerprint density at radius 3 is 2.89 bits per heavy atom. The van der Waals surface area contributed by atoms with Crippen LogP contribution in [0.2, 0.25) is 0 Å². The van der Waals surface area contributed by atoms with Crippen LogP contribution >= 0.6 is 0 Å². The molecule has 0 saturated heterocycles. The van der Waals surface area contributed by atoms with Gasteiger partial charge in [-0.3, -0.25) is 10.8 Å². The van der Waals surface area contributed by atoms with Crippen LogP contribution in [0.3, 0.4) is 0 Å². The van der Waals surface area contributed by atoms with Gasteiger partial charge in [-0.25, -0.2) is 13.1 Å². The molecule has 0 aliphatic carbocycles. The molecule has 18 heavy (non-hydrogen) atoms. The fourth-order valence-electron chi connectivity index (χ4n) is 1.37. The Kier molecular flexibility index (Phi) is 3.60. The summed E-state index contributed by atoms with van der Waals surface area (Å²) in [6, 6.07) is 4.83. The van der Waals surface area contributed by atoms with Crippen LogP contribution in [0.1, 0.15) is 5.76 Å². The maximum absolute atomic E-state index is 12.0. The summed E-state index contributed by atoms with van der Waals surface area (Å²) in [5.74, 6) is 5.77. The molecule has 2 aromatic rings. The van der Waals surface area contributed by atoms with Gasteiger partial charge in [-0.1, -0.05) is 0 Å². The molecule has 2 aromatic heterocycles. The minimum Gasteiger partial charge on any atom is -0.468 e. The second-order valence-electron chi connectivity index (χ2n) is 3.42. The number of anilines is 1. The lowest BCUT2D eigenvalue weighted by molar-refractivity contribution is 0.498. The standard InChI is InChI=1S/C10H12N4O3S/c11-14-9-3-4-12-7-10(9)18(15,16)13-6-8-2-1-5-17-8/h1-5,7,13H,6,11H2,(H,12,14). The van der Waals surface area contributed by atoms with E-state index >= 15 is 0 Å². The first kappa shape index (κ1) is 12.6. The Hall–Kier alpha value is -1.90. The zero-order valence-corrected chi connectivity index (χ0v) is 10.1. The number of furan rings is 1. The van der Waals surface area contributed by atoms with Gasteiger partial charge >= 0.3 is 0 Å². The zero-order valence-electron chi connectivity index (χ0n) is 9.33. The van der Waals surface area contributed by atoms with Gasteiger partial charge in [0.2, 0.25) is 10.0 Å². The van der Waals surface area contributed by atoms with Crippen molar-refractivity contribution in [3.63, 3.8) is 0 Å². The van der Waals surface area contributed by atoms with Crippen molar-refractivity contribution in [3.8, 4) is 0 Å². The molecule has 0 saturated carbocycles. The molecule has 2 heterocycles. The second-order valence-corrected chi connectivity index (χ2v) is 5.16. The number of aromatic nitrogens is 1. The average molecular weight is 268 g/mol. The molecular weight excluding hydrogens is 256 g/mol. The van der Waals surface area contributed by atoms with Crippen molar-refractivity contribution in [2.75, 3.05) is 5.43 Å². The number of hydrogen-bond acceptors (Lipinski definition) is 6. The Morgan fingerprint density at radius 1 is 1.39 bits per heavy atom. The predicted octanol–water partition coefficient (Wildman–Crippen LogP) is 0.439. The van der Waals surface area contributed by atoms with Crippen LogP contribution < -0.4 is 16.0 Å². The Labute approximate surface area is 104 Å². The Balaban J connectivity index is 2.20. The van der Waals surface area contributed by atoms with Gasteiger partial charge in [0, 0.05) is 12.4 Å². The first-order valence-electron chi connectivity index (χ1n) is 5.06. The summed E-state index contributed by atoms with van der Waals surface area (Å²) in [6.07, 6.45) is 4.14. The normalized spacial score (nSPS) is 11.4. The minimum absolute atomic E-state index is 0.0148. The molecule has 0 bridgehead atoms. The van der Waals surface area contributed by atoms with E-state index in [4.69, 9.17) is 10.3 Å². The van der Waals surface area contributed by atoms with Crippen molar-refractivity contribution >= 4 is 15.7 Å². The topological polar surface area (TPSA) is 110 Å². The largest absolute Gasteiger partial charge is 0.468 e. The Bertz CT molecular complexity index is 610. The summed E-state index contributed by atoms with van der Waals surface area (Å²) >= 11 is 0. The molecule has 0 aliphatic rings. The van der Waals surface area contributed by atoms with E-state index in [0.717, 1.165) is 0 Å². The zero-order chi connectivity index (χ0) is 13.0. The van der Waals surface area contributed by atoms with Gasteiger partial charge in [-0.05, 0) is 18.2 Å². The lowest BCUT2D eigenvalue weighted by Gasteiger charge is -2.09. The SMILES string of the molecule is NNc1ccncc1S(=O)(=O)NCc1ccco1. The van der Waals surface area contributed by atoms with Crippen molar-refractivity contribution in [1.29, 1.82) is 0 Å². The van der Waals surface area contributed by atoms with Crippen LogP contribution in [0.5, 0.6) is 0 Å².